The number of halogens is 1. The van der Waals surface area contributed by atoms with Crippen LogP contribution >= 0.6 is 15.9 Å². The number of furan rings is 1. The molecular weight excluding hydrogens is 318 g/mol. The van der Waals surface area contributed by atoms with E-state index < -0.39 is 10.7 Å². The summed E-state index contributed by atoms with van der Waals surface area (Å²) in [5.74, 6) is -0.225. The molecule has 0 unspecified atom stereocenters. The Morgan fingerprint density at radius 3 is 2.79 bits per heavy atom. The van der Waals surface area contributed by atoms with E-state index in [0.29, 0.717) is 4.47 Å². The van der Waals surface area contributed by atoms with Gasteiger partial charge in [0.15, 0.2) is 12.4 Å². The van der Waals surface area contributed by atoms with E-state index in [1.165, 1.54) is 24.5 Å². The highest BCUT2D eigenvalue weighted by molar-refractivity contribution is 9.10. The summed E-state index contributed by atoms with van der Waals surface area (Å²) in [6.45, 7) is -0.336. The largest absolute Gasteiger partial charge is 0.477 e. The van der Waals surface area contributed by atoms with Gasteiger partial charge in [-0.1, -0.05) is 6.07 Å². The fraction of sp³-hybridized carbons (Fsp3) is 0.0833. The van der Waals surface area contributed by atoms with Crippen molar-refractivity contribution in [3.63, 3.8) is 0 Å². The first-order valence-electron chi connectivity index (χ1n) is 5.22. The fourth-order valence-electron chi connectivity index (χ4n) is 1.43. The summed E-state index contributed by atoms with van der Waals surface area (Å²) in [6.07, 6.45) is 1.37. The van der Waals surface area contributed by atoms with E-state index in [1.807, 2.05) is 0 Å². The van der Waals surface area contributed by atoms with Crippen LogP contribution in [0.25, 0.3) is 0 Å². The van der Waals surface area contributed by atoms with Gasteiger partial charge in [0.25, 0.3) is 0 Å². The van der Waals surface area contributed by atoms with E-state index in [1.54, 1.807) is 12.1 Å². The zero-order valence-electron chi connectivity index (χ0n) is 9.54. The molecule has 0 spiro atoms. The van der Waals surface area contributed by atoms with Crippen molar-refractivity contribution in [2.45, 2.75) is 0 Å². The second kappa shape index (κ2) is 5.66. The minimum absolute atomic E-state index is 0.0207. The Balaban J connectivity index is 2.16. The summed E-state index contributed by atoms with van der Waals surface area (Å²) in [5.41, 5.74) is -0.207. The van der Waals surface area contributed by atoms with E-state index >= 15 is 0 Å². The van der Waals surface area contributed by atoms with Gasteiger partial charge in [-0.2, -0.15) is 0 Å². The second-order valence-corrected chi connectivity index (χ2v) is 4.39. The average molecular weight is 326 g/mol. The molecule has 1 aromatic carbocycles. The van der Waals surface area contributed by atoms with Gasteiger partial charge in [0, 0.05) is 6.07 Å². The number of carbonyl (C=O) groups is 1. The predicted molar refractivity (Wildman–Crippen MR) is 69.3 cm³/mol. The molecule has 0 aliphatic heterocycles. The third kappa shape index (κ3) is 3.00. The highest BCUT2D eigenvalue weighted by Crippen LogP contribution is 2.34. The predicted octanol–water partition coefficient (Wildman–Crippen LogP) is 3.21. The van der Waals surface area contributed by atoms with Gasteiger partial charge >= 0.3 is 5.69 Å². The number of rotatable bonds is 5. The molecule has 7 heteroatoms. The maximum atomic E-state index is 11.7. The monoisotopic (exact) mass is 325 g/mol. The van der Waals surface area contributed by atoms with Gasteiger partial charge in [0.05, 0.1) is 15.7 Å². The molecule has 0 aliphatic rings. The van der Waals surface area contributed by atoms with Crippen molar-refractivity contribution < 1.29 is 18.9 Å². The standard InChI is InChI=1S/C12H8BrNO5/c13-8-3-1-4-9(14(16)17)12(8)19-7-10(15)11-5-2-6-18-11/h1-6H,7H2. The fourth-order valence-corrected chi connectivity index (χ4v) is 1.90. The smallest absolute Gasteiger partial charge is 0.312 e. The molecule has 1 aromatic heterocycles. The van der Waals surface area contributed by atoms with Gasteiger partial charge in [-0.3, -0.25) is 14.9 Å². The van der Waals surface area contributed by atoms with E-state index in [4.69, 9.17) is 9.15 Å². The molecule has 0 radical (unpaired) electrons. The molecule has 0 saturated heterocycles. The third-order valence-electron chi connectivity index (χ3n) is 2.29. The van der Waals surface area contributed by atoms with Crippen molar-refractivity contribution in [3.05, 3.63) is 56.9 Å². The lowest BCUT2D eigenvalue weighted by atomic mass is 10.3. The summed E-state index contributed by atoms with van der Waals surface area (Å²) < 4.78 is 10.5. The van der Waals surface area contributed by atoms with Crippen molar-refractivity contribution in [3.8, 4) is 5.75 Å². The van der Waals surface area contributed by atoms with Gasteiger partial charge in [0.1, 0.15) is 0 Å². The van der Waals surface area contributed by atoms with Crippen molar-refractivity contribution in [1.82, 2.24) is 0 Å². The zero-order chi connectivity index (χ0) is 13.8. The molecule has 0 amide bonds. The van der Waals surface area contributed by atoms with Crippen molar-refractivity contribution in [2.75, 3.05) is 6.61 Å². The molecule has 0 bridgehead atoms. The van der Waals surface area contributed by atoms with Crippen LogP contribution in [0.5, 0.6) is 5.75 Å². The molecule has 2 aromatic rings. The zero-order valence-corrected chi connectivity index (χ0v) is 11.1. The molecule has 1 heterocycles. The van der Waals surface area contributed by atoms with Crippen LogP contribution in [0.1, 0.15) is 10.6 Å². The number of hydrogen-bond acceptors (Lipinski definition) is 5. The lowest BCUT2D eigenvalue weighted by molar-refractivity contribution is -0.385. The Labute approximate surface area is 116 Å². The van der Waals surface area contributed by atoms with Crippen LogP contribution in [-0.2, 0) is 0 Å². The molecule has 6 nitrogen and oxygen atoms in total. The second-order valence-electron chi connectivity index (χ2n) is 3.53. The summed E-state index contributed by atoms with van der Waals surface area (Å²) in [6, 6.07) is 7.49. The third-order valence-corrected chi connectivity index (χ3v) is 2.91. The number of Topliss-reactive ketones (excluding diaryl/α,β-unsaturated/α-hetero) is 1. The van der Waals surface area contributed by atoms with E-state index in [9.17, 15) is 14.9 Å². The number of carbonyl (C=O) groups excluding carboxylic acids is 1. The Bertz CT molecular complexity index is 609. The molecule has 0 N–H and O–H groups in total. The molecule has 0 aliphatic carbocycles. The average Bonchev–Trinajstić information content (AvgIpc) is 2.90. The Hall–Kier alpha value is -2.15. The lowest BCUT2D eigenvalue weighted by Crippen LogP contribution is -2.11. The molecular formula is C12H8BrNO5. The van der Waals surface area contributed by atoms with Crippen LogP contribution in [0.3, 0.4) is 0 Å². The maximum absolute atomic E-state index is 11.7. The van der Waals surface area contributed by atoms with Gasteiger partial charge in [0.2, 0.25) is 11.5 Å². The minimum atomic E-state index is -0.572. The Morgan fingerprint density at radius 2 is 2.16 bits per heavy atom. The summed E-state index contributed by atoms with van der Waals surface area (Å²) in [7, 11) is 0. The van der Waals surface area contributed by atoms with Crippen molar-refractivity contribution >= 4 is 27.4 Å². The van der Waals surface area contributed by atoms with Crippen molar-refractivity contribution in [2.24, 2.45) is 0 Å². The highest BCUT2D eigenvalue weighted by Gasteiger charge is 2.19. The van der Waals surface area contributed by atoms with Crippen LogP contribution in [0, 0.1) is 10.1 Å². The van der Waals surface area contributed by atoms with E-state index in [2.05, 4.69) is 15.9 Å². The molecule has 0 atom stereocenters. The van der Waals surface area contributed by atoms with Crippen LogP contribution in [0.2, 0.25) is 0 Å². The van der Waals surface area contributed by atoms with E-state index in [-0.39, 0.29) is 23.8 Å². The Kier molecular flexibility index (Phi) is 3.96. The molecule has 0 saturated carbocycles. The number of nitrogens with zero attached hydrogens (tertiary/aromatic N) is 1. The van der Waals surface area contributed by atoms with Gasteiger partial charge in [-0.25, -0.2) is 0 Å². The number of ketones is 1. The summed E-state index contributed by atoms with van der Waals surface area (Å²) in [5, 5.41) is 10.8. The molecule has 98 valence electrons. The first kappa shape index (κ1) is 13.3. The number of hydrogen-bond donors (Lipinski definition) is 0. The molecule has 0 fully saturated rings. The van der Waals surface area contributed by atoms with Gasteiger partial charge in [-0.05, 0) is 34.1 Å². The number of benzene rings is 1. The van der Waals surface area contributed by atoms with Gasteiger partial charge < -0.3 is 9.15 Å². The van der Waals surface area contributed by atoms with Crippen LogP contribution in [-0.4, -0.2) is 17.3 Å². The van der Waals surface area contributed by atoms with E-state index in [0.717, 1.165) is 0 Å². The first-order valence-corrected chi connectivity index (χ1v) is 6.01. The van der Waals surface area contributed by atoms with Crippen LogP contribution in [0.15, 0.2) is 45.5 Å². The van der Waals surface area contributed by atoms with Crippen LogP contribution < -0.4 is 4.74 Å². The SMILES string of the molecule is O=C(COc1c(Br)cccc1[N+](=O)[O-])c1ccco1. The minimum Gasteiger partial charge on any atom is -0.477 e. The molecule has 19 heavy (non-hydrogen) atoms. The summed E-state index contributed by atoms with van der Waals surface area (Å²) >= 11 is 3.15. The number of ether oxygens (including phenoxy) is 1. The van der Waals surface area contributed by atoms with Crippen LogP contribution in [0.4, 0.5) is 5.69 Å². The number of para-hydroxylation sites is 1. The first-order chi connectivity index (χ1) is 9.09. The summed E-state index contributed by atoms with van der Waals surface area (Å²) in [4.78, 5) is 21.9. The van der Waals surface area contributed by atoms with Crippen molar-refractivity contribution in [1.29, 1.82) is 0 Å². The highest BCUT2D eigenvalue weighted by atomic mass is 79.9. The normalized spacial score (nSPS) is 10.2. The quantitative estimate of drug-likeness (QED) is 0.479. The number of nitro groups is 1. The number of nitro benzene ring substituents is 1. The van der Waals surface area contributed by atoms with Gasteiger partial charge in [-0.15, -0.1) is 0 Å². The molecule has 2 rings (SSSR count). The lowest BCUT2D eigenvalue weighted by Gasteiger charge is -2.06. The topological polar surface area (TPSA) is 82.6 Å². The maximum Gasteiger partial charge on any atom is 0.312 e. The Morgan fingerprint density at radius 1 is 1.37 bits per heavy atom.